The highest BCUT2D eigenvalue weighted by atomic mass is 35.5. The molecule has 0 aliphatic carbocycles. The minimum atomic E-state index is -0.859. The summed E-state index contributed by atoms with van der Waals surface area (Å²) in [5.74, 6) is -0.946. The topological polar surface area (TPSA) is 79.7 Å². The number of aromatic nitrogens is 1. The Morgan fingerprint density at radius 1 is 1.11 bits per heavy atom. The lowest BCUT2D eigenvalue weighted by atomic mass is 9.94. The molecule has 0 bridgehead atoms. The van der Waals surface area contributed by atoms with Crippen LogP contribution in [0, 0.1) is 13.8 Å². The summed E-state index contributed by atoms with van der Waals surface area (Å²) < 4.78 is 6.71. The molecule has 0 spiro atoms. The van der Waals surface area contributed by atoms with Crippen LogP contribution in [0.3, 0.4) is 0 Å². The maximum atomic E-state index is 13.5. The summed E-state index contributed by atoms with van der Waals surface area (Å²) in [6, 6.07) is 15.5. The van der Waals surface area contributed by atoms with Gasteiger partial charge in [0, 0.05) is 17.0 Å². The summed E-state index contributed by atoms with van der Waals surface area (Å²) >= 11 is 7.50. The molecule has 8 heteroatoms. The molecule has 0 radical (unpaired) electrons. The molecule has 2 aliphatic heterocycles. The lowest BCUT2D eigenvalue weighted by Crippen LogP contribution is -2.29. The van der Waals surface area contributed by atoms with Crippen LogP contribution in [0.25, 0.3) is 16.0 Å². The first-order chi connectivity index (χ1) is 17.7. The first-order valence-electron chi connectivity index (χ1n) is 12.0. The third-order valence-corrected chi connectivity index (χ3v) is 8.08. The van der Waals surface area contributed by atoms with E-state index in [9.17, 15) is 14.7 Å². The van der Waals surface area contributed by atoms with Crippen LogP contribution in [0.2, 0.25) is 5.02 Å². The van der Waals surface area contributed by atoms with Gasteiger partial charge in [-0.2, -0.15) is 0 Å². The van der Waals surface area contributed by atoms with E-state index in [-0.39, 0.29) is 17.4 Å². The van der Waals surface area contributed by atoms with Gasteiger partial charge in [-0.05, 0) is 79.4 Å². The normalized spacial score (nSPS) is 20.5. The van der Waals surface area contributed by atoms with E-state index < -0.39 is 17.7 Å². The Kier molecular flexibility index (Phi) is 5.58. The van der Waals surface area contributed by atoms with Gasteiger partial charge in [-0.25, -0.2) is 4.98 Å². The van der Waals surface area contributed by atoms with Crippen LogP contribution in [0.4, 0.5) is 5.13 Å². The van der Waals surface area contributed by atoms with E-state index in [1.807, 2.05) is 39.0 Å². The van der Waals surface area contributed by atoms with Crippen molar-refractivity contribution in [2.75, 3.05) is 4.90 Å². The minimum absolute atomic E-state index is 0.0198. The quantitative estimate of drug-likeness (QED) is 0.185. The van der Waals surface area contributed by atoms with Gasteiger partial charge in [0.25, 0.3) is 5.78 Å². The zero-order chi connectivity index (χ0) is 26.0. The van der Waals surface area contributed by atoms with Crippen molar-refractivity contribution in [2.45, 2.75) is 39.3 Å². The number of carbonyl (C=O) groups excluding carboxylic acids is 2. The van der Waals surface area contributed by atoms with Crippen molar-refractivity contribution in [3.8, 4) is 5.75 Å². The van der Waals surface area contributed by atoms with Crippen molar-refractivity contribution in [2.24, 2.45) is 0 Å². The third kappa shape index (κ3) is 3.90. The number of halogens is 1. The highest BCUT2D eigenvalue weighted by Gasteiger charge is 2.48. The van der Waals surface area contributed by atoms with Gasteiger partial charge in [0.05, 0.1) is 21.8 Å². The third-order valence-electron chi connectivity index (χ3n) is 6.82. The van der Waals surface area contributed by atoms with Gasteiger partial charge in [0.1, 0.15) is 17.6 Å². The molecule has 1 saturated heterocycles. The number of fused-ring (bicyclic) bond motifs is 2. The Bertz CT molecular complexity index is 1640. The van der Waals surface area contributed by atoms with Crippen molar-refractivity contribution in [3.63, 3.8) is 0 Å². The van der Waals surface area contributed by atoms with Gasteiger partial charge < -0.3 is 9.84 Å². The van der Waals surface area contributed by atoms with Gasteiger partial charge in [-0.15, -0.1) is 0 Å². The lowest BCUT2D eigenvalue weighted by Gasteiger charge is -2.23. The number of benzene rings is 3. The number of ketones is 1. The van der Waals surface area contributed by atoms with E-state index in [0.29, 0.717) is 27.7 Å². The van der Waals surface area contributed by atoms with Crippen LogP contribution < -0.4 is 9.64 Å². The molecular formula is C29H23ClN2O4S. The van der Waals surface area contributed by atoms with Crippen molar-refractivity contribution in [3.05, 3.63) is 93.0 Å². The predicted molar refractivity (Wildman–Crippen MR) is 146 cm³/mol. The maximum Gasteiger partial charge on any atom is 0.301 e. The molecule has 3 heterocycles. The monoisotopic (exact) mass is 530 g/mol. The van der Waals surface area contributed by atoms with E-state index in [1.54, 1.807) is 36.4 Å². The summed E-state index contributed by atoms with van der Waals surface area (Å²) in [7, 11) is 0. The summed E-state index contributed by atoms with van der Waals surface area (Å²) in [6.45, 7) is 5.96. The highest BCUT2D eigenvalue weighted by Crippen LogP contribution is 2.45. The number of anilines is 1. The number of hydrogen-bond donors (Lipinski definition) is 1. The molecule has 6 rings (SSSR count). The smallest absolute Gasteiger partial charge is 0.301 e. The van der Waals surface area contributed by atoms with Crippen molar-refractivity contribution >= 4 is 55.7 Å². The Labute approximate surface area is 222 Å². The fraction of sp³-hybridized carbons (Fsp3) is 0.207. The lowest BCUT2D eigenvalue weighted by molar-refractivity contribution is -0.132. The van der Waals surface area contributed by atoms with Crippen LogP contribution in [0.1, 0.15) is 40.8 Å². The van der Waals surface area contributed by atoms with Gasteiger partial charge in [0.2, 0.25) is 0 Å². The average Bonchev–Trinajstić information content (AvgIpc) is 3.52. The molecule has 2 atom stereocenters. The Hall–Kier alpha value is -3.68. The number of ether oxygens (including phenoxy) is 1. The molecule has 1 fully saturated rings. The predicted octanol–water partition coefficient (Wildman–Crippen LogP) is 6.52. The van der Waals surface area contributed by atoms with Crippen LogP contribution in [0.5, 0.6) is 5.75 Å². The molecule has 186 valence electrons. The summed E-state index contributed by atoms with van der Waals surface area (Å²) in [5.41, 5.74) is 4.95. The second-order valence-corrected chi connectivity index (χ2v) is 11.0. The number of carbonyl (C=O) groups is 2. The fourth-order valence-electron chi connectivity index (χ4n) is 5.18. The molecule has 6 nitrogen and oxygen atoms in total. The van der Waals surface area contributed by atoms with E-state index >= 15 is 0 Å². The number of amides is 1. The first kappa shape index (κ1) is 23.7. The van der Waals surface area contributed by atoms with Crippen molar-refractivity contribution < 1.29 is 19.4 Å². The highest BCUT2D eigenvalue weighted by molar-refractivity contribution is 7.22. The number of aryl methyl sites for hydroxylation is 2. The molecule has 4 aromatic rings. The standard InChI is InChI=1S/C29H23ClN2O4S/c1-14-10-15(2)24-22(11-14)37-29(31-24)32-25(17-4-7-20(30)8-5-17)23(27(34)28(32)35)26(33)18-6-9-21-19(13-18)12-16(3)36-21/h4-11,13,16,25,33H,12H2,1-3H3/t16-,25-/m1/s1. The Morgan fingerprint density at radius 2 is 1.86 bits per heavy atom. The zero-order valence-corrected chi connectivity index (χ0v) is 22.0. The van der Waals surface area contributed by atoms with Gasteiger partial charge in [-0.3, -0.25) is 14.5 Å². The zero-order valence-electron chi connectivity index (χ0n) is 20.4. The molecule has 3 aromatic carbocycles. The van der Waals surface area contributed by atoms with Crippen LogP contribution in [-0.2, 0) is 16.0 Å². The van der Waals surface area contributed by atoms with Crippen LogP contribution >= 0.6 is 22.9 Å². The van der Waals surface area contributed by atoms with Crippen molar-refractivity contribution in [1.29, 1.82) is 0 Å². The SMILES string of the molecule is Cc1cc(C)c2nc(N3C(=O)C(=O)C(=C(O)c4ccc5c(c4)C[C@@H](C)O5)[C@H]3c3ccc(Cl)cc3)sc2c1. The van der Waals surface area contributed by atoms with E-state index in [1.165, 1.54) is 16.2 Å². The molecule has 1 amide bonds. The molecule has 0 saturated carbocycles. The molecule has 1 aromatic heterocycles. The Balaban J connectivity index is 1.54. The summed E-state index contributed by atoms with van der Waals surface area (Å²) in [5, 5.41) is 12.4. The van der Waals surface area contributed by atoms with E-state index in [4.69, 9.17) is 21.3 Å². The first-order valence-corrected chi connectivity index (χ1v) is 13.1. The number of nitrogens with zero attached hydrogens (tertiary/aromatic N) is 2. The average molecular weight is 531 g/mol. The summed E-state index contributed by atoms with van der Waals surface area (Å²) in [4.78, 5) is 33.2. The molecule has 2 aliphatic rings. The molecule has 37 heavy (non-hydrogen) atoms. The number of aliphatic hydroxyl groups is 1. The number of aliphatic hydroxyl groups excluding tert-OH is 1. The van der Waals surface area contributed by atoms with Gasteiger partial charge in [0.15, 0.2) is 5.13 Å². The molecular weight excluding hydrogens is 508 g/mol. The number of Topliss-reactive ketones (excluding diaryl/α,β-unsaturated/α-hetero) is 1. The van der Waals surface area contributed by atoms with Crippen LogP contribution in [0.15, 0.2) is 60.2 Å². The van der Waals surface area contributed by atoms with Gasteiger partial charge in [-0.1, -0.05) is 41.1 Å². The number of rotatable bonds is 3. The summed E-state index contributed by atoms with van der Waals surface area (Å²) in [6.07, 6.45) is 0.744. The molecule has 0 unspecified atom stereocenters. The second kappa shape index (κ2) is 8.71. The number of hydrogen-bond acceptors (Lipinski definition) is 6. The van der Waals surface area contributed by atoms with E-state index in [2.05, 4.69) is 0 Å². The minimum Gasteiger partial charge on any atom is -0.507 e. The van der Waals surface area contributed by atoms with Crippen LogP contribution in [-0.4, -0.2) is 27.9 Å². The maximum absolute atomic E-state index is 13.5. The Morgan fingerprint density at radius 3 is 2.62 bits per heavy atom. The molecule has 1 N–H and O–H groups in total. The number of thiazole rings is 1. The fourth-order valence-corrected chi connectivity index (χ4v) is 6.47. The van der Waals surface area contributed by atoms with Gasteiger partial charge >= 0.3 is 5.91 Å². The largest absolute Gasteiger partial charge is 0.507 e. The van der Waals surface area contributed by atoms with E-state index in [0.717, 1.165) is 32.7 Å². The van der Waals surface area contributed by atoms with Crippen molar-refractivity contribution in [1.82, 2.24) is 4.98 Å². The second-order valence-electron chi connectivity index (χ2n) is 9.60.